The van der Waals surface area contributed by atoms with E-state index in [9.17, 15) is 26.4 Å². The van der Waals surface area contributed by atoms with Crippen molar-refractivity contribution in [2.24, 2.45) is 0 Å². The van der Waals surface area contributed by atoms with Crippen molar-refractivity contribution in [1.29, 1.82) is 0 Å². The van der Waals surface area contributed by atoms with E-state index >= 15 is 0 Å². The summed E-state index contributed by atoms with van der Waals surface area (Å²) in [6.45, 7) is 3.31. The van der Waals surface area contributed by atoms with Gasteiger partial charge in [0.15, 0.2) is 0 Å². The van der Waals surface area contributed by atoms with E-state index in [4.69, 9.17) is 16.3 Å². The SMILES string of the molecule is Cc1ccc(C)c(OCCNC(=O)CN(c2ccc(Cl)c(C(F)(F)F)c2)S(C)(=O)=O)c1. The number of anilines is 1. The molecule has 2 rings (SSSR count). The second kappa shape index (κ2) is 9.78. The number of sulfonamides is 1. The number of benzene rings is 2. The summed E-state index contributed by atoms with van der Waals surface area (Å²) in [4.78, 5) is 12.2. The zero-order valence-corrected chi connectivity index (χ0v) is 18.7. The Morgan fingerprint density at radius 1 is 1.16 bits per heavy atom. The van der Waals surface area contributed by atoms with Gasteiger partial charge in [0.1, 0.15) is 18.9 Å². The van der Waals surface area contributed by atoms with Crippen LogP contribution in [-0.4, -0.2) is 40.3 Å². The van der Waals surface area contributed by atoms with Gasteiger partial charge in [0.25, 0.3) is 0 Å². The number of nitrogens with zero attached hydrogens (tertiary/aromatic N) is 1. The molecule has 0 bridgehead atoms. The third-order valence-electron chi connectivity index (χ3n) is 4.26. The second-order valence-electron chi connectivity index (χ2n) is 6.90. The molecule has 0 aliphatic carbocycles. The number of ether oxygens (including phenoxy) is 1. The van der Waals surface area contributed by atoms with Gasteiger partial charge in [-0.05, 0) is 49.2 Å². The Morgan fingerprint density at radius 2 is 1.84 bits per heavy atom. The molecule has 170 valence electrons. The minimum Gasteiger partial charge on any atom is -0.491 e. The van der Waals surface area contributed by atoms with Gasteiger partial charge in [-0.15, -0.1) is 0 Å². The molecule has 2 aromatic carbocycles. The van der Waals surface area contributed by atoms with Crippen molar-refractivity contribution in [3.05, 3.63) is 58.1 Å². The first-order valence-corrected chi connectivity index (χ1v) is 11.3. The Morgan fingerprint density at radius 3 is 2.45 bits per heavy atom. The molecule has 0 heterocycles. The highest BCUT2D eigenvalue weighted by atomic mass is 35.5. The molecule has 1 amide bonds. The van der Waals surface area contributed by atoms with Crippen molar-refractivity contribution in [1.82, 2.24) is 5.32 Å². The van der Waals surface area contributed by atoms with Crippen LogP contribution in [0.2, 0.25) is 5.02 Å². The Balaban J connectivity index is 2.05. The molecule has 0 atom stereocenters. The van der Waals surface area contributed by atoms with Crippen LogP contribution in [0.15, 0.2) is 36.4 Å². The van der Waals surface area contributed by atoms with E-state index in [1.165, 1.54) is 0 Å². The Kier molecular flexibility index (Phi) is 7.82. The standard InChI is InChI=1S/C20H22ClF3N2O4S/c1-13-4-5-14(2)18(10-13)30-9-8-25-19(27)12-26(31(3,28)29)15-6-7-17(21)16(11-15)20(22,23)24/h4-7,10-11H,8-9,12H2,1-3H3,(H,25,27). The molecule has 31 heavy (non-hydrogen) atoms. The summed E-state index contributed by atoms with van der Waals surface area (Å²) in [5.74, 6) is -0.0358. The highest BCUT2D eigenvalue weighted by molar-refractivity contribution is 7.92. The van der Waals surface area contributed by atoms with Crippen LogP contribution in [0, 0.1) is 13.8 Å². The van der Waals surface area contributed by atoms with E-state index < -0.39 is 39.2 Å². The maximum atomic E-state index is 13.1. The molecule has 2 aromatic rings. The number of aryl methyl sites for hydroxylation is 2. The highest BCUT2D eigenvalue weighted by Gasteiger charge is 2.34. The summed E-state index contributed by atoms with van der Waals surface area (Å²) < 4.78 is 69.7. The summed E-state index contributed by atoms with van der Waals surface area (Å²) in [6.07, 6.45) is -3.98. The first-order valence-electron chi connectivity index (χ1n) is 9.10. The average Bonchev–Trinajstić information content (AvgIpc) is 2.64. The summed E-state index contributed by atoms with van der Waals surface area (Å²) in [5, 5.41) is 1.93. The van der Waals surface area contributed by atoms with Crippen molar-refractivity contribution in [3.63, 3.8) is 0 Å². The van der Waals surface area contributed by atoms with Crippen molar-refractivity contribution in [2.45, 2.75) is 20.0 Å². The molecule has 0 fully saturated rings. The number of amides is 1. The smallest absolute Gasteiger partial charge is 0.417 e. The molecule has 0 unspecified atom stereocenters. The van der Waals surface area contributed by atoms with Crippen LogP contribution >= 0.6 is 11.6 Å². The zero-order chi connectivity index (χ0) is 23.4. The van der Waals surface area contributed by atoms with Gasteiger partial charge < -0.3 is 10.1 Å². The molecular weight excluding hydrogens is 457 g/mol. The fourth-order valence-corrected chi connectivity index (χ4v) is 3.76. The van der Waals surface area contributed by atoms with Crippen molar-refractivity contribution < 1.29 is 31.1 Å². The number of halogens is 4. The van der Waals surface area contributed by atoms with Crippen LogP contribution in [0.3, 0.4) is 0 Å². The average molecular weight is 479 g/mol. The van der Waals surface area contributed by atoms with Crippen LogP contribution in [0.1, 0.15) is 16.7 Å². The number of hydrogen-bond donors (Lipinski definition) is 1. The van der Waals surface area contributed by atoms with Crippen molar-refractivity contribution >= 4 is 33.2 Å². The number of hydrogen-bond acceptors (Lipinski definition) is 4. The molecule has 0 saturated carbocycles. The van der Waals surface area contributed by atoms with Crippen LogP contribution in [-0.2, 0) is 21.0 Å². The lowest BCUT2D eigenvalue weighted by Gasteiger charge is -2.23. The fraction of sp³-hybridized carbons (Fsp3) is 0.350. The molecule has 11 heteroatoms. The molecule has 1 N–H and O–H groups in total. The molecule has 0 saturated heterocycles. The van der Waals surface area contributed by atoms with Gasteiger partial charge in [0.05, 0.1) is 29.1 Å². The molecule has 6 nitrogen and oxygen atoms in total. The van der Waals surface area contributed by atoms with Gasteiger partial charge in [0, 0.05) is 0 Å². The largest absolute Gasteiger partial charge is 0.491 e. The van der Waals surface area contributed by atoms with Crippen molar-refractivity contribution in [3.8, 4) is 5.75 Å². The normalized spacial score (nSPS) is 11.8. The van der Waals surface area contributed by atoms with E-state index in [2.05, 4.69) is 5.32 Å². The van der Waals surface area contributed by atoms with Crippen LogP contribution < -0.4 is 14.4 Å². The lowest BCUT2D eigenvalue weighted by atomic mass is 10.1. The van der Waals surface area contributed by atoms with E-state index in [-0.39, 0.29) is 18.8 Å². The van der Waals surface area contributed by atoms with Gasteiger partial charge in [0.2, 0.25) is 15.9 Å². The minimum absolute atomic E-state index is 0.0816. The Bertz CT molecular complexity index is 1060. The number of alkyl halides is 3. The summed E-state index contributed by atoms with van der Waals surface area (Å²) in [5.41, 5.74) is 0.418. The van der Waals surface area contributed by atoms with E-state index in [0.29, 0.717) is 16.1 Å². The van der Waals surface area contributed by atoms with Crippen LogP contribution in [0.25, 0.3) is 0 Å². The minimum atomic E-state index is -4.77. The second-order valence-corrected chi connectivity index (χ2v) is 9.21. The third-order valence-corrected chi connectivity index (χ3v) is 5.73. The molecule has 0 aliphatic rings. The van der Waals surface area contributed by atoms with E-state index in [1.807, 2.05) is 32.0 Å². The molecule has 0 spiro atoms. The number of rotatable bonds is 8. The summed E-state index contributed by atoms with van der Waals surface area (Å²) in [6, 6.07) is 8.32. The zero-order valence-electron chi connectivity index (χ0n) is 17.1. The first-order chi connectivity index (χ1) is 14.3. The quantitative estimate of drug-likeness (QED) is 0.583. The van der Waals surface area contributed by atoms with Gasteiger partial charge in [-0.3, -0.25) is 9.10 Å². The third kappa shape index (κ3) is 7.03. The Hall–Kier alpha value is -2.46. The number of nitrogens with one attached hydrogen (secondary N) is 1. The maximum absolute atomic E-state index is 13.1. The van der Waals surface area contributed by atoms with Gasteiger partial charge in [-0.1, -0.05) is 23.7 Å². The molecule has 0 radical (unpaired) electrons. The highest BCUT2D eigenvalue weighted by Crippen LogP contribution is 2.37. The number of carbonyl (C=O) groups excluding carboxylic acids is 1. The van der Waals surface area contributed by atoms with E-state index in [1.54, 1.807) is 0 Å². The fourth-order valence-electron chi connectivity index (χ4n) is 2.69. The lowest BCUT2D eigenvalue weighted by Crippen LogP contribution is -2.41. The van der Waals surface area contributed by atoms with Crippen molar-refractivity contribution in [2.75, 3.05) is 30.3 Å². The molecule has 0 aromatic heterocycles. The first kappa shape index (κ1) is 24.8. The Labute approximate surface area is 184 Å². The predicted octanol–water partition coefficient (Wildman–Crippen LogP) is 3.94. The molecule has 0 aliphatic heterocycles. The summed E-state index contributed by atoms with van der Waals surface area (Å²) in [7, 11) is -4.04. The van der Waals surface area contributed by atoms with Gasteiger partial charge >= 0.3 is 6.18 Å². The van der Waals surface area contributed by atoms with Crippen LogP contribution in [0.5, 0.6) is 5.75 Å². The number of carbonyl (C=O) groups is 1. The van der Waals surface area contributed by atoms with Crippen LogP contribution in [0.4, 0.5) is 18.9 Å². The van der Waals surface area contributed by atoms with E-state index in [0.717, 1.165) is 29.5 Å². The monoisotopic (exact) mass is 478 g/mol. The maximum Gasteiger partial charge on any atom is 0.417 e. The predicted molar refractivity (Wildman–Crippen MR) is 113 cm³/mol. The topological polar surface area (TPSA) is 75.7 Å². The summed E-state index contributed by atoms with van der Waals surface area (Å²) >= 11 is 5.58. The lowest BCUT2D eigenvalue weighted by molar-refractivity contribution is -0.137. The molecular formula is C20H22ClF3N2O4S. The van der Waals surface area contributed by atoms with Gasteiger partial charge in [-0.25, -0.2) is 8.42 Å². The van der Waals surface area contributed by atoms with Gasteiger partial charge in [-0.2, -0.15) is 13.2 Å².